The molecular weight excluding hydrogens is 296 g/mol. The quantitative estimate of drug-likeness (QED) is 0.925. The number of aryl methyl sites for hydroxylation is 1. The van der Waals surface area contributed by atoms with E-state index in [1.54, 1.807) is 4.90 Å². The van der Waals surface area contributed by atoms with E-state index < -0.39 is 5.60 Å². The second-order valence-corrected chi connectivity index (χ2v) is 7.19. The highest BCUT2D eigenvalue weighted by Crippen LogP contribution is 2.23. The number of amides is 2. The van der Waals surface area contributed by atoms with Crippen molar-refractivity contribution in [3.8, 4) is 0 Å². The molecule has 1 aromatic heterocycles. The van der Waals surface area contributed by atoms with E-state index in [1.807, 2.05) is 46.8 Å². The monoisotopic (exact) mass is 322 g/mol. The van der Waals surface area contributed by atoms with E-state index in [0.717, 1.165) is 11.5 Å². The first kappa shape index (κ1) is 17.4. The van der Waals surface area contributed by atoms with Crippen LogP contribution in [0.2, 0.25) is 0 Å². The predicted octanol–water partition coefficient (Wildman–Crippen LogP) is 3.02. The van der Waals surface area contributed by atoms with Gasteiger partial charge in [0.05, 0.1) is 6.04 Å². The van der Waals surface area contributed by atoms with Gasteiger partial charge >= 0.3 is 6.09 Å². The first-order chi connectivity index (χ1) is 10.6. The van der Waals surface area contributed by atoms with Crippen LogP contribution in [0.25, 0.3) is 0 Å². The van der Waals surface area contributed by atoms with Gasteiger partial charge in [-0.3, -0.25) is 4.79 Å². The van der Waals surface area contributed by atoms with Crippen LogP contribution >= 0.6 is 0 Å². The number of hydrogen-bond acceptors (Lipinski definition) is 4. The third-order valence-corrected chi connectivity index (χ3v) is 3.65. The largest absolute Gasteiger partial charge is 0.464 e. The summed E-state index contributed by atoms with van der Waals surface area (Å²) in [5.41, 5.74) is -0.490. The molecule has 1 unspecified atom stereocenters. The van der Waals surface area contributed by atoms with Crippen LogP contribution in [0.5, 0.6) is 0 Å². The van der Waals surface area contributed by atoms with Gasteiger partial charge in [-0.25, -0.2) is 4.79 Å². The van der Waals surface area contributed by atoms with Crippen molar-refractivity contribution in [3.05, 3.63) is 23.7 Å². The third-order valence-electron chi connectivity index (χ3n) is 3.65. The molecule has 6 nitrogen and oxygen atoms in total. The van der Waals surface area contributed by atoms with E-state index in [2.05, 4.69) is 5.32 Å². The van der Waals surface area contributed by atoms with Crippen LogP contribution in [-0.2, 0) is 9.53 Å². The van der Waals surface area contributed by atoms with Crippen molar-refractivity contribution >= 4 is 12.0 Å². The maximum atomic E-state index is 12.1. The minimum absolute atomic E-state index is 0.0274. The highest BCUT2D eigenvalue weighted by atomic mass is 16.6. The van der Waals surface area contributed by atoms with Crippen molar-refractivity contribution < 1.29 is 18.7 Å². The second-order valence-electron chi connectivity index (χ2n) is 7.19. The number of nitrogens with one attached hydrogen (secondary N) is 1. The summed E-state index contributed by atoms with van der Waals surface area (Å²) in [4.78, 5) is 25.5. The maximum Gasteiger partial charge on any atom is 0.410 e. The van der Waals surface area contributed by atoms with Gasteiger partial charge in [0, 0.05) is 25.4 Å². The normalized spacial score (nSPS) is 16.7. The van der Waals surface area contributed by atoms with Crippen molar-refractivity contribution in [1.82, 2.24) is 10.2 Å². The van der Waals surface area contributed by atoms with E-state index >= 15 is 0 Å². The SMILES string of the molecule is Cc1ccc(C(C)NC(=O)CC2CN(C(=O)OC(C)(C)C)C2)o1. The topological polar surface area (TPSA) is 71.8 Å². The van der Waals surface area contributed by atoms with Crippen LogP contribution in [0, 0.1) is 12.8 Å². The maximum absolute atomic E-state index is 12.1. The summed E-state index contributed by atoms with van der Waals surface area (Å²) in [5, 5.41) is 2.92. The van der Waals surface area contributed by atoms with Gasteiger partial charge in [0.15, 0.2) is 0 Å². The summed E-state index contributed by atoms with van der Waals surface area (Å²) < 4.78 is 10.8. The molecule has 0 spiro atoms. The van der Waals surface area contributed by atoms with Gasteiger partial charge < -0.3 is 19.4 Å². The second kappa shape index (κ2) is 6.64. The lowest BCUT2D eigenvalue weighted by Gasteiger charge is -2.39. The van der Waals surface area contributed by atoms with Crippen molar-refractivity contribution in [1.29, 1.82) is 0 Å². The van der Waals surface area contributed by atoms with Gasteiger partial charge in [-0.15, -0.1) is 0 Å². The molecule has 2 heterocycles. The van der Waals surface area contributed by atoms with E-state index in [4.69, 9.17) is 9.15 Å². The van der Waals surface area contributed by atoms with Crippen LogP contribution in [0.4, 0.5) is 4.79 Å². The lowest BCUT2D eigenvalue weighted by atomic mass is 9.96. The lowest BCUT2D eigenvalue weighted by molar-refractivity contribution is -0.124. The van der Waals surface area contributed by atoms with Crippen molar-refractivity contribution in [2.75, 3.05) is 13.1 Å². The standard InChI is InChI=1S/C17H26N2O4/c1-11-6-7-14(22-11)12(2)18-15(20)8-13-9-19(10-13)16(21)23-17(3,4)5/h6-7,12-13H,8-10H2,1-5H3,(H,18,20). The van der Waals surface area contributed by atoms with Gasteiger partial charge in [-0.1, -0.05) is 0 Å². The zero-order valence-electron chi connectivity index (χ0n) is 14.5. The molecule has 1 aromatic rings. The first-order valence-electron chi connectivity index (χ1n) is 7.97. The highest BCUT2D eigenvalue weighted by molar-refractivity contribution is 5.77. The first-order valence-corrected chi connectivity index (χ1v) is 7.97. The Labute approximate surface area is 137 Å². The molecule has 0 aromatic carbocycles. The van der Waals surface area contributed by atoms with Crippen LogP contribution in [0.1, 0.15) is 51.7 Å². The Balaban J connectivity index is 1.71. The Bertz CT molecular complexity index is 567. The van der Waals surface area contributed by atoms with E-state index in [9.17, 15) is 9.59 Å². The molecule has 6 heteroatoms. The summed E-state index contributed by atoms with van der Waals surface area (Å²) in [6, 6.07) is 3.59. The average Bonchev–Trinajstić information content (AvgIpc) is 2.77. The molecule has 0 aliphatic carbocycles. The van der Waals surface area contributed by atoms with Gasteiger partial charge in [-0.05, 0) is 46.8 Å². The summed E-state index contributed by atoms with van der Waals surface area (Å²) in [5.74, 6) is 1.74. The van der Waals surface area contributed by atoms with E-state index in [-0.39, 0.29) is 24.0 Å². The highest BCUT2D eigenvalue weighted by Gasteiger charge is 2.34. The smallest absolute Gasteiger partial charge is 0.410 e. The Morgan fingerprint density at radius 1 is 1.39 bits per heavy atom. The summed E-state index contributed by atoms with van der Waals surface area (Å²) in [6.45, 7) is 10.4. The van der Waals surface area contributed by atoms with Gasteiger partial charge in [0.2, 0.25) is 5.91 Å². The molecule has 23 heavy (non-hydrogen) atoms. The van der Waals surface area contributed by atoms with Crippen LogP contribution in [-0.4, -0.2) is 35.6 Å². The number of furan rings is 1. The minimum atomic E-state index is -0.490. The van der Waals surface area contributed by atoms with E-state index in [1.165, 1.54) is 0 Å². The molecule has 1 aliphatic rings. The number of carbonyl (C=O) groups is 2. The fraction of sp³-hybridized carbons (Fsp3) is 0.647. The van der Waals surface area contributed by atoms with Gasteiger partial charge in [-0.2, -0.15) is 0 Å². The number of carbonyl (C=O) groups excluding carboxylic acids is 2. The van der Waals surface area contributed by atoms with Gasteiger partial charge in [0.1, 0.15) is 17.1 Å². The number of likely N-dealkylation sites (tertiary alicyclic amines) is 1. The Kier molecular flexibility index (Phi) is 5.02. The summed E-state index contributed by atoms with van der Waals surface area (Å²) in [7, 11) is 0. The van der Waals surface area contributed by atoms with Crippen molar-refractivity contribution in [2.45, 2.75) is 52.7 Å². The molecule has 0 saturated carbocycles. The van der Waals surface area contributed by atoms with E-state index in [0.29, 0.717) is 19.5 Å². The molecule has 1 fully saturated rings. The molecule has 2 rings (SSSR count). The zero-order valence-corrected chi connectivity index (χ0v) is 14.5. The Morgan fingerprint density at radius 2 is 2.04 bits per heavy atom. The predicted molar refractivity (Wildman–Crippen MR) is 85.9 cm³/mol. The molecule has 1 atom stereocenters. The van der Waals surface area contributed by atoms with Gasteiger partial charge in [0.25, 0.3) is 0 Å². The average molecular weight is 322 g/mol. The van der Waals surface area contributed by atoms with Crippen LogP contribution < -0.4 is 5.32 Å². The Hall–Kier alpha value is -1.98. The van der Waals surface area contributed by atoms with Crippen LogP contribution in [0.15, 0.2) is 16.5 Å². The number of rotatable bonds is 4. The summed E-state index contributed by atoms with van der Waals surface area (Å²) >= 11 is 0. The number of nitrogens with zero attached hydrogens (tertiary/aromatic N) is 1. The molecule has 0 radical (unpaired) electrons. The van der Waals surface area contributed by atoms with Crippen molar-refractivity contribution in [3.63, 3.8) is 0 Å². The molecule has 0 bridgehead atoms. The number of ether oxygens (including phenoxy) is 1. The molecule has 2 amide bonds. The molecule has 1 N–H and O–H groups in total. The van der Waals surface area contributed by atoms with Crippen LogP contribution in [0.3, 0.4) is 0 Å². The molecule has 1 aliphatic heterocycles. The minimum Gasteiger partial charge on any atom is -0.464 e. The Morgan fingerprint density at radius 3 is 2.57 bits per heavy atom. The third kappa shape index (κ3) is 5.01. The zero-order chi connectivity index (χ0) is 17.2. The molecule has 1 saturated heterocycles. The van der Waals surface area contributed by atoms with Crippen molar-refractivity contribution in [2.24, 2.45) is 5.92 Å². The molecule has 128 valence electrons. The lowest BCUT2D eigenvalue weighted by Crippen LogP contribution is -2.52. The molecular formula is C17H26N2O4. The summed E-state index contributed by atoms with van der Waals surface area (Å²) in [6.07, 6.45) is 0.0946. The number of hydrogen-bond donors (Lipinski definition) is 1. The fourth-order valence-electron chi connectivity index (χ4n) is 2.49. The fourth-order valence-corrected chi connectivity index (χ4v) is 2.49.